The predicted octanol–water partition coefficient (Wildman–Crippen LogP) is 3.66. The summed E-state index contributed by atoms with van der Waals surface area (Å²) in [6, 6.07) is 7.92. The van der Waals surface area contributed by atoms with Crippen molar-refractivity contribution in [1.82, 2.24) is 9.80 Å². The Morgan fingerprint density at radius 1 is 1.10 bits per heavy atom. The average molecular weight is 399 g/mol. The summed E-state index contributed by atoms with van der Waals surface area (Å²) in [6.45, 7) is 6.41. The smallest absolute Gasteiger partial charge is 0.253 e. The van der Waals surface area contributed by atoms with Gasteiger partial charge in [-0.3, -0.25) is 9.59 Å². The maximum absolute atomic E-state index is 13.2. The van der Waals surface area contributed by atoms with Crippen LogP contribution in [-0.2, 0) is 9.53 Å². The van der Waals surface area contributed by atoms with E-state index in [2.05, 4.69) is 4.90 Å². The molecule has 0 radical (unpaired) electrons. The van der Waals surface area contributed by atoms with E-state index in [9.17, 15) is 9.59 Å². The van der Waals surface area contributed by atoms with Crippen molar-refractivity contribution in [3.8, 4) is 0 Å². The molecule has 2 aliphatic heterocycles. The number of nitrogens with zero attached hydrogens (tertiary/aromatic N) is 2. The van der Waals surface area contributed by atoms with E-state index in [4.69, 9.17) is 4.74 Å². The van der Waals surface area contributed by atoms with Gasteiger partial charge in [0.15, 0.2) is 0 Å². The fraction of sp³-hybridized carbons (Fsp3) is 0.667. The molecule has 5 nitrogen and oxygen atoms in total. The minimum Gasteiger partial charge on any atom is -0.378 e. The SMILES string of the molecule is Cc1cccc(C(=O)N2CC(CCC(=O)N3CCOCC3)C3(CCCCC3)C2)c1. The number of benzene rings is 1. The van der Waals surface area contributed by atoms with Gasteiger partial charge in [-0.1, -0.05) is 37.0 Å². The number of carbonyl (C=O) groups excluding carboxylic acids is 2. The van der Waals surface area contributed by atoms with Crippen LogP contribution in [0.3, 0.4) is 0 Å². The summed E-state index contributed by atoms with van der Waals surface area (Å²) < 4.78 is 5.37. The molecule has 1 aromatic rings. The minimum atomic E-state index is 0.153. The van der Waals surface area contributed by atoms with Gasteiger partial charge >= 0.3 is 0 Å². The first-order chi connectivity index (χ1) is 14.1. The molecule has 2 heterocycles. The average Bonchev–Trinajstić information content (AvgIpc) is 3.10. The molecule has 0 N–H and O–H groups in total. The third-order valence-electron chi connectivity index (χ3n) is 7.28. The van der Waals surface area contributed by atoms with E-state index >= 15 is 0 Å². The Kier molecular flexibility index (Phi) is 6.23. The molecule has 1 atom stereocenters. The molecule has 0 bridgehead atoms. The Morgan fingerprint density at radius 3 is 2.59 bits per heavy atom. The first-order valence-electron chi connectivity index (χ1n) is 11.3. The summed E-state index contributed by atoms with van der Waals surface area (Å²) in [4.78, 5) is 29.9. The quantitative estimate of drug-likeness (QED) is 0.778. The topological polar surface area (TPSA) is 49.9 Å². The van der Waals surface area contributed by atoms with Gasteiger partial charge in [0.1, 0.15) is 0 Å². The number of carbonyl (C=O) groups is 2. The minimum absolute atomic E-state index is 0.153. The van der Waals surface area contributed by atoms with Crippen molar-refractivity contribution in [3.05, 3.63) is 35.4 Å². The van der Waals surface area contributed by atoms with Crippen molar-refractivity contribution >= 4 is 11.8 Å². The van der Waals surface area contributed by atoms with Crippen molar-refractivity contribution < 1.29 is 14.3 Å². The van der Waals surface area contributed by atoms with E-state index in [-0.39, 0.29) is 17.2 Å². The van der Waals surface area contributed by atoms with Crippen molar-refractivity contribution in [2.24, 2.45) is 11.3 Å². The molecule has 1 spiro atoms. The van der Waals surface area contributed by atoms with Gasteiger partial charge in [0.25, 0.3) is 5.91 Å². The molecule has 5 heteroatoms. The Balaban J connectivity index is 1.44. The zero-order chi connectivity index (χ0) is 20.3. The van der Waals surface area contributed by atoms with Crippen LogP contribution in [0.15, 0.2) is 24.3 Å². The molecule has 1 aliphatic carbocycles. The van der Waals surface area contributed by atoms with Gasteiger partial charge in [0.05, 0.1) is 13.2 Å². The highest BCUT2D eigenvalue weighted by atomic mass is 16.5. The van der Waals surface area contributed by atoms with Gasteiger partial charge in [0.2, 0.25) is 5.91 Å². The highest BCUT2D eigenvalue weighted by molar-refractivity contribution is 5.94. The first-order valence-corrected chi connectivity index (χ1v) is 11.3. The zero-order valence-corrected chi connectivity index (χ0v) is 17.7. The van der Waals surface area contributed by atoms with Crippen molar-refractivity contribution in [2.45, 2.75) is 51.9 Å². The molecule has 158 valence electrons. The molecule has 2 amide bonds. The van der Waals surface area contributed by atoms with Gasteiger partial charge in [-0.2, -0.15) is 0 Å². The third-order valence-corrected chi connectivity index (χ3v) is 7.28. The van der Waals surface area contributed by atoms with Crippen LogP contribution in [-0.4, -0.2) is 61.0 Å². The van der Waals surface area contributed by atoms with E-state index in [0.717, 1.165) is 30.6 Å². The molecule has 2 saturated heterocycles. The van der Waals surface area contributed by atoms with Crippen LogP contribution in [0.5, 0.6) is 0 Å². The molecule has 0 aromatic heterocycles. The summed E-state index contributed by atoms with van der Waals surface area (Å²) >= 11 is 0. The Labute approximate surface area is 174 Å². The maximum Gasteiger partial charge on any atom is 0.253 e. The largest absolute Gasteiger partial charge is 0.378 e. The number of aryl methyl sites for hydroxylation is 1. The molecule has 1 unspecified atom stereocenters. The van der Waals surface area contributed by atoms with Crippen LogP contribution >= 0.6 is 0 Å². The molecule has 3 aliphatic rings. The van der Waals surface area contributed by atoms with Crippen LogP contribution in [0.25, 0.3) is 0 Å². The van der Waals surface area contributed by atoms with E-state index < -0.39 is 0 Å². The summed E-state index contributed by atoms with van der Waals surface area (Å²) in [6.07, 6.45) is 7.68. The van der Waals surface area contributed by atoms with E-state index in [1.807, 2.05) is 36.1 Å². The molecule has 4 rings (SSSR count). The van der Waals surface area contributed by atoms with E-state index in [1.165, 1.54) is 32.1 Å². The Bertz CT molecular complexity index is 735. The number of ether oxygens (including phenoxy) is 1. The molecule has 1 saturated carbocycles. The molecular weight excluding hydrogens is 364 g/mol. The number of hydrogen-bond acceptors (Lipinski definition) is 3. The van der Waals surface area contributed by atoms with Gasteiger partial charge in [-0.25, -0.2) is 0 Å². The second-order valence-corrected chi connectivity index (χ2v) is 9.21. The lowest BCUT2D eigenvalue weighted by atomic mass is 9.66. The predicted molar refractivity (Wildman–Crippen MR) is 113 cm³/mol. The summed E-state index contributed by atoms with van der Waals surface area (Å²) in [7, 11) is 0. The lowest BCUT2D eigenvalue weighted by Gasteiger charge is -2.38. The number of rotatable bonds is 4. The van der Waals surface area contributed by atoms with Crippen LogP contribution in [0.1, 0.15) is 60.9 Å². The highest BCUT2D eigenvalue weighted by Gasteiger charge is 2.48. The third kappa shape index (κ3) is 4.50. The number of likely N-dealkylation sites (tertiary alicyclic amines) is 1. The van der Waals surface area contributed by atoms with Crippen LogP contribution in [0.4, 0.5) is 0 Å². The van der Waals surface area contributed by atoms with Crippen molar-refractivity contribution in [1.29, 1.82) is 0 Å². The van der Waals surface area contributed by atoms with Gasteiger partial charge < -0.3 is 14.5 Å². The van der Waals surface area contributed by atoms with Crippen LogP contribution in [0, 0.1) is 18.3 Å². The second-order valence-electron chi connectivity index (χ2n) is 9.21. The van der Waals surface area contributed by atoms with E-state index in [0.29, 0.717) is 38.6 Å². The lowest BCUT2D eigenvalue weighted by Crippen LogP contribution is -2.41. The molecule has 1 aromatic carbocycles. The summed E-state index contributed by atoms with van der Waals surface area (Å²) in [5.74, 6) is 0.838. The molecular formula is C24H34N2O3. The van der Waals surface area contributed by atoms with Crippen molar-refractivity contribution in [3.63, 3.8) is 0 Å². The fourth-order valence-electron chi connectivity index (χ4n) is 5.64. The lowest BCUT2D eigenvalue weighted by molar-refractivity contribution is -0.135. The Hall–Kier alpha value is -1.88. The standard InChI is InChI=1S/C24H34N2O3/c1-19-6-5-7-20(16-19)23(28)26-17-21(24(18-26)10-3-2-4-11-24)8-9-22(27)25-12-14-29-15-13-25/h5-7,16,21H,2-4,8-15,17-18H2,1H3. The maximum atomic E-state index is 13.2. The number of hydrogen-bond donors (Lipinski definition) is 0. The van der Waals surface area contributed by atoms with Gasteiger partial charge in [0, 0.05) is 38.2 Å². The van der Waals surface area contributed by atoms with Crippen LogP contribution < -0.4 is 0 Å². The highest BCUT2D eigenvalue weighted by Crippen LogP contribution is 2.49. The van der Waals surface area contributed by atoms with Gasteiger partial charge in [-0.15, -0.1) is 0 Å². The first kappa shape index (κ1) is 20.4. The summed E-state index contributed by atoms with van der Waals surface area (Å²) in [5, 5.41) is 0. The molecule has 29 heavy (non-hydrogen) atoms. The van der Waals surface area contributed by atoms with Crippen molar-refractivity contribution in [2.75, 3.05) is 39.4 Å². The fourth-order valence-corrected chi connectivity index (χ4v) is 5.64. The zero-order valence-electron chi connectivity index (χ0n) is 17.7. The van der Waals surface area contributed by atoms with E-state index in [1.54, 1.807) is 0 Å². The Morgan fingerprint density at radius 2 is 1.86 bits per heavy atom. The molecule has 3 fully saturated rings. The number of morpholine rings is 1. The van der Waals surface area contributed by atoms with Crippen LogP contribution in [0.2, 0.25) is 0 Å². The normalized spacial score (nSPS) is 24.1. The summed E-state index contributed by atoms with van der Waals surface area (Å²) in [5.41, 5.74) is 2.12. The monoisotopic (exact) mass is 398 g/mol. The van der Waals surface area contributed by atoms with Gasteiger partial charge in [-0.05, 0) is 49.7 Å². The number of amides is 2. The second kappa shape index (κ2) is 8.86.